The van der Waals surface area contributed by atoms with Crippen molar-refractivity contribution in [1.29, 1.82) is 5.26 Å². The molecule has 3 rings (SSSR count). The summed E-state index contributed by atoms with van der Waals surface area (Å²) in [6.45, 7) is 7.78. The second-order valence-electron chi connectivity index (χ2n) is 7.32. The normalized spacial score (nSPS) is 22.6. The summed E-state index contributed by atoms with van der Waals surface area (Å²) in [6, 6.07) is 8.35. The molecule has 134 valence electrons. The van der Waals surface area contributed by atoms with E-state index < -0.39 is 0 Å². The predicted molar refractivity (Wildman–Crippen MR) is 100 cm³/mol. The number of nitriles is 1. The highest BCUT2D eigenvalue weighted by Crippen LogP contribution is 2.24. The van der Waals surface area contributed by atoms with Gasteiger partial charge in [0, 0.05) is 44.3 Å². The summed E-state index contributed by atoms with van der Waals surface area (Å²) in [7, 11) is 2.24. The van der Waals surface area contributed by atoms with E-state index in [1.54, 1.807) is 19.1 Å². The number of Topliss-reactive ketones (excluding diaryl/α,β-unsaturated/α-hetero) is 1. The Kier molecular flexibility index (Phi) is 5.72. The third-order valence-electron chi connectivity index (χ3n) is 5.63. The van der Waals surface area contributed by atoms with E-state index in [2.05, 4.69) is 27.8 Å². The quantitative estimate of drug-likeness (QED) is 0.788. The molecule has 1 aromatic rings. The molecule has 0 aromatic heterocycles. The van der Waals surface area contributed by atoms with Crippen LogP contribution in [-0.4, -0.2) is 67.9 Å². The molecule has 1 atom stereocenters. The maximum absolute atomic E-state index is 11.7. The van der Waals surface area contributed by atoms with Gasteiger partial charge in [0.2, 0.25) is 0 Å². The third-order valence-corrected chi connectivity index (χ3v) is 5.63. The zero-order valence-corrected chi connectivity index (χ0v) is 15.4. The Hall–Kier alpha value is -1.90. The van der Waals surface area contributed by atoms with E-state index in [1.165, 1.54) is 25.8 Å². The second-order valence-corrected chi connectivity index (χ2v) is 7.32. The van der Waals surface area contributed by atoms with Crippen LogP contribution in [0.4, 0.5) is 5.69 Å². The lowest BCUT2D eigenvalue weighted by Crippen LogP contribution is -2.52. The van der Waals surface area contributed by atoms with Crippen molar-refractivity contribution < 1.29 is 4.79 Å². The summed E-state index contributed by atoms with van der Waals surface area (Å²) in [5, 5.41) is 9.40. The molecule has 2 aliphatic rings. The highest BCUT2D eigenvalue weighted by molar-refractivity contribution is 5.95. The van der Waals surface area contributed by atoms with Crippen LogP contribution >= 0.6 is 0 Å². The third kappa shape index (κ3) is 4.20. The molecule has 0 aliphatic carbocycles. The van der Waals surface area contributed by atoms with Crippen molar-refractivity contribution in [2.75, 3.05) is 51.2 Å². The van der Waals surface area contributed by atoms with Crippen molar-refractivity contribution in [2.24, 2.45) is 0 Å². The van der Waals surface area contributed by atoms with Gasteiger partial charge in [0.15, 0.2) is 5.78 Å². The standard InChI is InChI=1S/C20H28N4O/c1-16(25)17-6-7-18(14-21)20(13-17)24-11-9-23(10-12-24)15-19-5-3-4-8-22(19)2/h6-7,13,19H,3-5,8-12,15H2,1-2H3. The van der Waals surface area contributed by atoms with Gasteiger partial charge in [-0.2, -0.15) is 5.26 Å². The van der Waals surface area contributed by atoms with Gasteiger partial charge in [0.1, 0.15) is 6.07 Å². The summed E-state index contributed by atoms with van der Waals surface area (Å²) >= 11 is 0. The average Bonchev–Trinajstić information content (AvgIpc) is 2.63. The smallest absolute Gasteiger partial charge is 0.159 e. The molecule has 1 aromatic carbocycles. The maximum atomic E-state index is 11.7. The van der Waals surface area contributed by atoms with Crippen LogP contribution in [0.5, 0.6) is 0 Å². The van der Waals surface area contributed by atoms with Crippen LogP contribution in [0.15, 0.2) is 18.2 Å². The van der Waals surface area contributed by atoms with Crippen molar-refractivity contribution in [3.8, 4) is 6.07 Å². The highest BCUT2D eigenvalue weighted by atomic mass is 16.1. The Labute approximate surface area is 150 Å². The van der Waals surface area contributed by atoms with Gasteiger partial charge in [-0.3, -0.25) is 9.69 Å². The van der Waals surface area contributed by atoms with Gasteiger partial charge >= 0.3 is 0 Å². The summed E-state index contributed by atoms with van der Waals surface area (Å²) in [4.78, 5) is 19.0. The molecule has 2 aliphatic heterocycles. The van der Waals surface area contributed by atoms with Crippen LogP contribution in [0.3, 0.4) is 0 Å². The molecule has 0 N–H and O–H groups in total. The molecule has 2 saturated heterocycles. The fourth-order valence-electron chi connectivity index (χ4n) is 3.95. The molecule has 2 fully saturated rings. The molecule has 5 nitrogen and oxygen atoms in total. The number of piperazine rings is 1. The minimum atomic E-state index is 0.0460. The van der Waals surface area contributed by atoms with E-state index in [0.717, 1.165) is 38.4 Å². The Balaban J connectivity index is 1.63. The topological polar surface area (TPSA) is 50.6 Å². The predicted octanol–water partition coefficient (Wildman–Crippen LogP) is 2.37. The first-order valence-electron chi connectivity index (χ1n) is 9.31. The molecular weight excluding hydrogens is 312 g/mol. The molecular formula is C20H28N4O. The number of benzene rings is 1. The van der Waals surface area contributed by atoms with Crippen molar-refractivity contribution in [3.63, 3.8) is 0 Å². The molecule has 0 spiro atoms. The lowest BCUT2D eigenvalue weighted by atomic mass is 10.0. The number of ketones is 1. The van der Waals surface area contributed by atoms with E-state index in [0.29, 0.717) is 17.2 Å². The minimum Gasteiger partial charge on any atom is -0.368 e. The highest BCUT2D eigenvalue weighted by Gasteiger charge is 2.25. The van der Waals surface area contributed by atoms with Crippen LogP contribution in [0.1, 0.15) is 42.1 Å². The Morgan fingerprint density at radius 1 is 1.20 bits per heavy atom. The largest absolute Gasteiger partial charge is 0.368 e. The molecule has 2 heterocycles. The van der Waals surface area contributed by atoms with Crippen molar-refractivity contribution >= 4 is 11.5 Å². The van der Waals surface area contributed by atoms with Gasteiger partial charge in [-0.05, 0) is 51.6 Å². The zero-order valence-electron chi connectivity index (χ0n) is 15.4. The van der Waals surface area contributed by atoms with Crippen LogP contribution in [0.25, 0.3) is 0 Å². The van der Waals surface area contributed by atoms with E-state index in [1.807, 2.05) is 6.07 Å². The SMILES string of the molecule is CC(=O)c1ccc(C#N)c(N2CCN(CC3CCCCN3C)CC2)c1. The van der Waals surface area contributed by atoms with E-state index >= 15 is 0 Å². The monoisotopic (exact) mass is 340 g/mol. The van der Waals surface area contributed by atoms with Gasteiger partial charge in [-0.1, -0.05) is 6.42 Å². The lowest BCUT2D eigenvalue weighted by Gasteiger charge is -2.41. The number of carbonyl (C=O) groups is 1. The maximum Gasteiger partial charge on any atom is 0.159 e. The van der Waals surface area contributed by atoms with Gasteiger partial charge in [-0.15, -0.1) is 0 Å². The van der Waals surface area contributed by atoms with Crippen LogP contribution in [0, 0.1) is 11.3 Å². The van der Waals surface area contributed by atoms with Crippen LogP contribution < -0.4 is 4.90 Å². The van der Waals surface area contributed by atoms with E-state index in [-0.39, 0.29) is 5.78 Å². The number of rotatable bonds is 4. The first kappa shape index (κ1) is 17.9. The molecule has 25 heavy (non-hydrogen) atoms. The minimum absolute atomic E-state index is 0.0460. The molecule has 0 saturated carbocycles. The van der Waals surface area contributed by atoms with Crippen LogP contribution in [0.2, 0.25) is 0 Å². The molecule has 1 unspecified atom stereocenters. The number of hydrogen-bond donors (Lipinski definition) is 0. The van der Waals surface area contributed by atoms with Crippen LogP contribution in [-0.2, 0) is 0 Å². The lowest BCUT2D eigenvalue weighted by molar-refractivity contribution is 0.101. The first-order valence-corrected chi connectivity index (χ1v) is 9.31. The van der Waals surface area contributed by atoms with Crippen molar-refractivity contribution in [3.05, 3.63) is 29.3 Å². The van der Waals surface area contributed by atoms with Gasteiger partial charge in [-0.25, -0.2) is 0 Å². The van der Waals surface area contributed by atoms with Gasteiger partial charge < -0.3 is 9.80 Å². The Bertz CT molecular complexity index is 658. The number of hydrogen-bond acceptors (Lipinski definition) is 5. The number of carbonyl (C=O) groups excluding carboxylic acids is 1. The van der Waals surface area contributed by atoms with E-state index in [9.17, 15) is 10.1 Å². The molecule has 0 amide bonds. The molecule has 0 bridgehead atoms. The number of anilines is 1. The number of likely N-dealkylation sites (N-methyl/N-ethyl adjacent to an activating group) is 1. The fraction of sp³-hybridized carbons (Fsp3) is 0.600. The second kappa shape index (κ2) is 7.99. The number of likely N-dealkylation sites (tertiary alicyclic amines) is 1. The first-order chi connectivity index (χ1) is 12.1. The Morgan fingerprint density at radius 2 is 1.96 bits per heavy atom. The van der Waals surface area contributed by atoms with Gasteiger partial charge in [0.25, 0.3) is 0 Å². The van der Waals surface area contributed by atoms with E-state index in [4.69, 9.17) is 0 Å². The summed E-state index contributed by atoms with van der Waals surface area (Å²) in [5.41, 5.74) is 2.25. The van der Waals surface area contributed by atoms with Gasteiger partial charge in [0.05, 0.1) is 11.3 Å². The zero-order chi connectivity index (χ0) is 17.8. The Morgan fingerprint density at radius 3 is 2.60 bits per heavy atom. The fourth-order valence-corrected chi connectivity index (χ4v) is 3.95. The molecule has 5 heteroatoms. The number of nitrogens with zero attached hydrogens (tertiary/aromatic N) is 4. The summed E-state index contributed by atoms with van der Waals surface area (Å²) < 4.78 is 0. The average molecular weight is 340 g/mol. The molecule has 0 radical (unpaired) electrons. The summed E-state index contributed by atoms with van der Waals surface area (Å²) in [5.74, 6) is 0.0460. The number of piperidine rings is 1. The summed E-state index contributed by atoms with van der Waals surface area (Å²) in [6.07, 6.45) is 3.97. The van der Waals surface area contributed by atoms with Crippen molar-refractivity contribution in [2.45, 2.75) is 32.2 Å². The van der Waals surface area contributed by atoms with Crippen molar-refractivity contribution in [1.82, 2.24) is 9.80 Å².